The largest absolute Gasteiger partial charge is 0.385 e. The van der Waals surface area contributed by atoms with Crippen molar-refractivity contribution in [1.29, 1.82) is 0 Å². The summed E-state index contributed by atoms with van der Waals surface area (Å²) in [6.07, 6.45) is 37.2. The Morgan fingerprint density at radius 2 is 1.22 bits per heavy atom. The lowest BCUT2D eigenvalue weighted by Gasteiger charge is -2.44. The van der Waals surface area contributed by atoms with Gasteiger partial charge in [-0.2, -0.15) is 0 Å². The van der Waals surface area contributed by atoms with E-state index >= 15 is 0 Å². The zero-order chi connectivity index (χ0) is 35.8. The van der Waals surface area contributed by atoms with Gasteiger partial charge in [0.05, 0.1) is 18.3 Å². The van der Waals surface area contributed by atoms with Crippen LogP contribution in [0.5, 0.6) is 0 Å². The highest BCUT2D eigenvalue weighted by Crippen LogP contribution is 2.53. The van der Waals surface area contributed by atoms with Gasteiger partial charge in [-0.3, -0.25) is 14.9 Å². The van der Waals surface area contributed by atoms with Crippen LogP contribution in [0.25, 0.3) is 0 Å². The van der Waals surface area contributed by atoms with Crippen molar-refractivity contribution in [3.63, 3.8) is 0 Å². The Hall–Kier alpha value is -1.86. The Bertz CT molecular complexity index is 962. The molecule has 0 radical (unpaired) electrons. The predicted molar refractivity (Wildman–Crippen MR) is 207 cm³/mol. The molecule has 3 aliphatic rings. The van der Waals surface area contributed by atoms with E-state index in [1.54, 1.807) is 7.11 Å². The van der Waals surface area contributed by atoms with E-state index in [2.05, 4.69) is 29.0 Å². The van der Waals surface area contributed by atoms with Gasteiger partial charge >= 0.3 is 0 Å². The molecule has 3 rings (SSSR count). The van der Waals surface area contributed by atoms with Crippen LogP contribution in [0.3, 0.4) is 0 Å². The van der Waals surface area contributed by atoms with E-state index in [0.29, 0.717) is 48.0 Å². The van der Waals surface area contributed by atoms with Crippen molar-refractivity contribution < 1.29 is 19.1 Å². The van der Waals surface area contributed by atoms with Crippen LogP contribution in [-0.2, 0) is 19.1 Å². The molecule has 1 heterocycles. The second kappa shape index (κ2) is 26.0. The third-order valence-corrected chi connectivity index (χ3v) is 12.1. The average molecular weight is 700 g/mol. The molecule has 4 unspecified atom stereocenters. The van der Waals surface area contributed by atoms with Gasteiger partial charge < -0.3 is 19.7 Å². The number of imide groups is 1. The summed E-state index contributed by atoms with van der Waals surface area (Å²) < 4.78 is 12.4. The molecule has 2 saturated carbocycles. The first-order valence-corrected chi connectivity index (χ1v) is 21.3. The summed E-state index contributed by atoms with van der Waals surface area (Å²) in [6, 6.07) is 0. The highest BCUT2D eigenvalue weighted by molar-refractivity contribution is 6.02. The molecular weight excluding hydrogens is 622 g/mol. The van der Waals surface area contributed by atoms with Crippen LogP contribution < -0.4 is 10.6 Å². The SMILES string of the molecule is C=C(NCCCCCCCCCCCCCCCCCCCCCC)/C(=C/N(C)C1OC(COC)C(C2CCC2)C1C1CCC1)C(=O)NC=O. The van der Waals surface area contributed by atoms with Crippen LogP contribution in [0, 0.1) is 23.7 Å². The lowest BCUT2D eigenvalue weighted by molar-refractivity contribution is -0.122. The predicted octanol–water partition coefficient (Wildman–Crippen LogP) is 10.2. The molecule has 0 aromatic heterocycles. The Labute approximate surface area is 307 Å². The van der Waals surface area contributed by atoms with E-state index < -0.39 is 5.91 Å². The van der Waals surface area contributed by atoms with E-state index in [1.807, 2.05) is 13.2 Å². The summed E-state index contributed by atoms with van der Waals surface area (Å²) >= 11 is 0. The fourth-order valence-electron chi connectivity index (χ4n) is 8.69. The van der Waals surface area contributed by atoms with Crippen LogP contribution in [0.15, 0.2) is 24.0 Å². The summed E-state index contributed by atoms with van der Waals surface area (Å²) in [5.41, 5.74) is 0.940. The third kappa shape index (κ3) is 15.0. The minimum absolute atomic E-state index is 0.0736. The van der Waals surface area contributed by atoms with Crippen molar-refractivity contribution in [2.24, 2.45) is 23.7 Å². The maximum atomic E-state index is 13.0. The molecule has 7 heteroatoms. The zero-order valence-electron chi connectivity index (χ0n) is 32.7. The van der Waals surface area contributed by atoms with Crippen molar-refractivity contribution in [2.45, 2.75) is 186 Å². The van der Waals surface area contributed by atoms with Gasteiger partial charge in [0, 0.05) is 38.5 Å². The molecule has 2 N–H and O–H groups in total. The van der Waals surface area contributed by atoms with Gasteiger partial charge in [0.2, 0.25) is 6.41 Å². The normalized spacial score (nSPS) is 22.6. The molecule has 0 spiro atoms. The number of carbonyl (C=O) groups excluding carboxylic acids is 2. The Morgan fingerprint density at radius 3 is 1.64 bits per heavy atom. The highest BCUT2D eigenvalue weighted by atomic mass is 16.5. The number of rotatable bonds is 31. The summed E-state index contributed by atoms with van der Waals surface area (Å²) in [7, 11) is 3.76. The van der Waals surface area contributed by atoms with Gasteiger partial charge in [-0.1, -0.05) is 161 Å². The minimum atomic E-state index is -0.435. The Kier molecular flexibility index (Phi) is 22.1. The van der Waals surface area contributed by atoms with Crippen molar-refractivity contribution in [2.75, 3.05) is 27.3 Å². The number of ether oxygens (including phenoxy) is 2. The third-order valence-electron chi connectivity index (χ3n) is 12.1. The molecule has 3 fully saturated rings. The van der Waals surface area contributed by atoms with Crippen LogP contribution >= 0.6 is 0 Å². The molecule has 2 aliphatic carbocycles. The number of hydrogen-bond donors (Lipinski definition) is 2. The van der Waals surface area contributed by atoms with E-state index in [1.165, 1.54) is 161 Å². The first-order chi connectivity index (χ1) is 24.5. The number of unbranched alkanes of at least 4 members (excludes halogenated alkanes) is 19. The molecule has 50 heavy (non-hydrogen) atoms. The smallest absolute Gasteiger partial charge is 0.261 e. The molecule has 0 bridgehead atoms. The molecule has 1 saturated heterocycles. The fourth-order valence-corrected chi connectivity index (χ4v) is 8.69. The Morgan fingerprint density at radius 1 is 0.760 bits per heavy atom. The quantitative estimate of drug-likeness (QED) is 0.0325. The summed E-state index contributed by atoms with van der Waals surface area (Å²) in [5.74, 6) is 1.82. The molecule has 1 aliphatic heterocycles. The van der Waals surface area contributed by atoms with Crippen molar-refractivity contribution >= 4 is 12.3 Å². The van der Waals surface area contributed by atoms with Gasteiger partial charge in [-0.15, -0.1) is 0 Å². The lowest BCUT2D eigenvalue weighted by Crippen LogP contribution is -2.43. The zero-order valence-corrected chi connectivity index (χ0v) is 32.7. The van der Waals surface area contributed by atoms with Crippen LogP contribution in [0.1, 0.15) is 174 Å². The second-order valence-corrected chi connectivity index (χ2v) is 16.0. The van der Waals surface area contributed by atoms with E-state index in [9.17, 15) is 9.59 Å². The lowest BCUT2D eigenvalue weighted by atomic mass is 9.62. The summed E-state index contributed by atoms with van der Waals surface area (Å²) in [5, 5.41) is 5.72. The molecule has 7 nitrogen and oxygen atoms in total. The van der Waals surface area contributed by atoms with Gasteiger partial charge in [-0.25, -0.2) is 0 Å². The molecule has 0 aromatic rings. The van der Waals surface area contributed by atoms with Crippen molar-refractivity contribution in [3.05, 3.63) is 24.0 Å². The average Bonchev–Trinajstić information content (AvgIpc) is 3.40. The van der Waals surface area contributed by atoms with Crippen molar-refractivity contribution in [3.8, 4) is 0 Å². The summed E-state index contributed by atoms with van der Waals surface area (Å²) in [6.45, 7) is 7.86. The second-order valence-electron chi connectivity index (χ2n) is 16.0. The first-order valence-electron chi connectivity index (χ1n) is 21.3. The monoisotopic (exact) mass is 700 g/mol. The summed E-state index contributed by atoms with van der Waals surface area (Å²) in [4.78, 5) is 26.3. The van der Waals surface area contributed by atoms with Crippen LogP contribution in [-0.4, -0.2) is 56.9 Å². The van der Waals surface area contributed by atoms with Crippen LogP contribution in [0.2, 0.25) is 0 Å². The standard InChI is InChI=1S/C43H77N3O4/c1-5-6-7-8-9-10-11-12-13-14-15-16-17-18-19-20-21-22-23-24-31-44-35(2)38(42(48)45-34-47)32-46(3)43-41(37-29-26-30-37)40(36-27-25-28-36)39(50-43)33-49-4/h32,34,36-37,39-41,43-44H,2,5-31,33H2,1,3-4H3,(H,45,47,48)/b38-32-. The molecular formula is C43H77N3O4. The van der Waals surface area contributed by atoms with Gasteiger partial charge in [0.15, 0.2) is 0 Å². The minimum Gasteiger partial charge on any atom is -0.385 e. The highest BCUT2D eigenvalue weighted by Gasteiger charge is 2.53. The number of carbonyl (C=O) groups is 2. The van der Waals surface area contributed by atoms with Gasteiger partial charge in [0.25, 0.3) is 5.91 Å². The number of methoxy groups -OCH3 is 1. The number of nitrogens with zero attached hydrogens (tertiary/aromatic N) is 1. The van der Waals surface area contributed by atoms with Gasteiger partial charge in [-0.05, 0) is 37.0 Å². The maximum Gasteiger partial charge on any atom is 0.261 e. The van der Waals surface area contributed by atoms with Gasteiger partial charge in [0.1, 0.15) is 6.23 Å². The Balaban J connectivity index is 1.29. The maximum absolute atomic E-state index is 13.0. The van der Waals surface area contributed by atoms with E-state index in [4.69, 9.17) is 9.47 Å². The molecule has 288 valence electrons. The number of hydrogen-bond acceptors (Lipinski definition) is 6. The van der Waals surface area contributed by atoms with E-state index in [-0.39, 0.29) is 12.3 Å². The number of amides is 2. The topological polar surface area (TPSA) is 79.9 Å². The molecule has 0 aromatic carbocycles. The number of nitrogens with one attached hydrogen (secondary N) is 2. The first kappa shape index (κ1) is 42.6. The van der Waals surface area contributed by atoms with Crippen LogP contribution in [0.4, 0.5) is 0 Å². The fraction of sp³-hybridized carbons (Fsp3) is 0.860. The van der Waals surface area contributed by atoms with E-state index in [0.717, 1.165) is 13.0 Å². The molecule has 4 atom stereocenters. The van der Waals surface area contributed by atoms with Crippen molar-refractivity contribution in [1.82, 2.24) is 15.5 Å². The molecule has 2 amide bonds.